The Labute approximate surface area is 111 Å². The third-order valence-electron chi connectivity index (χ3n) is 2.25. The van der Waals surface area contributed by atoms with Crippen molar-refractivity contribution in [2.24, 2.45) is 0 Å². The Hall–Kier alpha value is 0.180. The molecule has 0 saturated carbocycles. The highest BCUT2D eigenvalue weighted by Gasteiger charge is 2.39. The zero-order valence-corrected chi connectivity index (χ0v) is 12.7. The number of hydrogen-bond acceptors (Lipinski definition) is 4. The topological polar surface area (TPSA) is 72.5 Å². The molecule has 1 N–H and O–H groups in total. The van der Waals surface area contributed by atoms with Gasteiger partial charge in [0.1, 0.15) is 10.3 Å². The van der Waals surface area contributed by atoms with Gasteiger partial charge in [0.25, 0.3) is 0 Å². The molecule has 16 heavy (non-hydrogen) atoms. The summed E-state index contributed by atoms with van der Waals surface area (Å²) >= 11 is 6.33. The van der Waals surface area contributed by atoms with Gasteiger partial charge < -0.3 is 10.1 Å². The van der Waals surface area contributed by atoms with Gasteiger partial charge in [0, 0.05) is 0 Å². The van der Waals surface area contributed by atoms with Crippen LogP contribution in [-0.4, -0.2) is 41.9 Å². The molecule has 0 aromatic rings. The van der Waals surface area contributed by atoms with Crippen molar-refractivity contribution < 1.29 is 17.9 Å². The Kier molecular flexibility index (Phi) is 4.65. The predicted octanol–water partition coefficient (Wildman–Crippen LogP) is 1.41. The molecule has 1 amide bonds. The lowest BCUT2D eigenvalue weighted by molar-refractivity contribution is 0.142. The van der Waals surface area contributed by atoms with Crippen molar-refractivity contribution in [1.29, 1.82) is 0 Å². The minimum absolute atomic E-state index is 0.0266. The van der Waals surface area contributed by atoms with Crippen molar-refractivity contribution in [3.8, 4) is 0 Å². The second kappa shape index (κ2) is 5.22. The van der Waals surface area contributed by atoms with Crippen LogP contribution in [0.15, 0.2) is 0 Å². The molecule has 0 radical (unpaired) electrons. The first kappa shape index (κ1) is 14.2. The SMILES string of the molecule is C[C@]1(NC(=O)OCC(Br)Br)CCS(=O)(=O)C1. The quantitative estimate of drug-likeness (QED) is 0.753. The van der Waals surface area contributed by atoms with E-state index in [4.69, 9.17) is 4.74 Å². The molecule has 1 fully saturated rings. The van der Waals surface area contributed by atoms with Gasteiger partial charge in [0.05, 0.1) is 17.0 Å². The number of hydrogen-bond donors (Lipinski definition) is 1. The molecule has 1 aliphatic rings. The molecule has 0 aliphatic carbocycles. The number of sulfone groups is 1. The Morgan fingerprint density at radius 2 is 2.19 bits per heavy atom. The predicted molar refractivity (Wildman–Crippen MR) is 67.8 cm³/mol. The number of carbonyl (C=O) groups is 1. The summed E-state index contributed by atoms with van der Waals surface area (Å²) in [5.74, 6) is 0.0877. The van der Waals surface area contributed by atoms with Gasteiger partial charge in [-0.2, -0.15) is 0 Å². The van der Waals surface area contributed by atoms with Crippen LogP contribution in [0, 0.1) is 0 Å². The standard InChI is InChI=1S/C8H13Br2NO4S/c1-8(2-3-16(13,14)5-8)11-7(12)15-4-6(9)10/h6H,2-5H2,1H3,(H,11,12)/t8-/m0/s1. The maximum atomic E-state index is 11.3. The van der Waals surface area contributed by atoms with Crippen LogP contribution in [-0.2, 0) is 14.6 Å². The molecule has 0 aromatic heterocycles. The first-order valence-corrected chi connectivity index (χ1v) is 8.31. The molecule has 1 heterocycles. The van der Waals surface area contributed by atoms with Gasteiger partial charge in [0.2, 0.25) is 0 Å². The van der Waals surface area contributed by atoms with E-state index in [2.05, 4.69) is 37.2 Å². The summed E-state index contributed by atoms with van der Waals surface area (Å²) in [5.41, 5.74) is -0.704. The molecule has 1 rings (SSSR count). The van der Waals surface area contributed by atoms with Crippen LogP contribution < -0.4 is 5.32 Å². The number of alkyl carbamates (subject to hydrolysis) is 1. The summed E-state index contributed by atoms with van der Waals surface area (Å²) in [6, 6.07) is 0. The van der Waals surface area contributed by atoms with Crippen LogP contribution in [0.3, 0.4) is 0 Å². The highest BCUT2D eigenvalue weighted by atomic mass is 79.9. The highest BCUT2D eigenvalue weighted by molar-refractivity contribution is 9.24. The van der Waals surface area contributed by atoms with E-state index < -0.39 is 21.5 Å². The summed E-state index contributed by atoms with van der Waals surface area (Å²) in [4.78, 5) is 11.3. The fourth-order valence-corrected chi connectivity index (χ4v) is 3.89. The summed E-state index contributed by atoms with van der Waals surface area (Å²) in [5, 5.41) is 2.58. The van der Waals surface area contributed by atoms with E-state index in [-0.39, 0.29) is 21.8 Å². The van der Waals surface area contributed by atoms with Crippen LogP contribution in [0.4, 0.5) is 4.79 Å². The van der Waals surface area contributed by atoms with Gasteiger partial charge in [-0.15, -0.1) is 0 Å². The van der Waals surface area contributed by atoms with Crippen LogP contribution in [0.25, 0.3) is 0 Å². The molecule has 1 saturated heterocycles. The molecule has 94 valence electrons. The van der Waals surface area contributed by atoms with Crippen LogP contribution >= 0.6 is 31.9 Å². The Morgan fingerprint density at radius 3 is 2.62 bits per heavy atom. The van der Waals surface area contributed by atoms with Crippen LogP contribution in [0.2, 0.25) is 0 Å². The van der Waals surface area contributed by atoms with E-state index in [1.165, 1.54) is 0 Å². The fourth-order valence-electron chi connectivity index (χ4n) is 1.53. The van der Waals surface area contributed by atoms with Crippen LogP contribution in [0.5, 0.6) is 0 Å². The van der Waals surface area contributed by atoms with E-state index in [0.717, 1.165) is 0 Å². The molecular formula is C8H13Br2NO4S. The lowest BCUT2D eigenvalue weighted by atomic mass is 10.0. The normalized spacial score (nSPS) is 28.0. The monoisotopic (exact) mass is 377 g/mol. The number of nitrogens with one attached hydrogen (secondary N) is 1. The average Bonchev–Trinajstić information content (AvgIpc) is 2.37. The average molecular weight is 379 g/mol. The molecule has 0 spiro atoms. The van der Waals surface area contributed by atoms with E-state index in [0.29, 0.717) is 6.42 Å². The fraction of sp³-hybridized carbons (Fsp3) is 0.875. The van der Waals surface area contributed by atoms with Crippen molar-refractivity contribution in [1.82, 2.24) is 5.32 Å². The number of halogens is 2. The van der Waals surface area contributed by atoms with Crippen molar-refractivity contribution in [2.45, 2.75) is 22.6 Å². The van der Waals surface area contributed by atoms with Gasteiger partial charge in [-0.3, -0.25) is 0 Å². The maximum Gasteiger partial charge on any atom is 0.407 e. The molecule has 0 bridgehead atoms. The van der Waals surface area contributed by atoms with Crippen molar-refractivity contribution in [2.75, 3.05) is 18.1 Å². The van der Waals surface area contributed by atoms with E-state index in [1.54, 1.807) is 6.92 Å². The largest absolute Gasteiger partial charge is 0.447 e. The first-order valence-electron chi connectivity index (χ1n) is 4.66. The number of alkyl halides is 2. The lowest BCUT2D eigenvalue weighted by Gasteiger charge is -2.23. The third kappa shape index (κ3) is 4.58. The Bertz CT molecular complexity index is 370. The minimum Gasteiger partial charge on any atom is -0.447 e. The van der Waals surface area contributed by atoms with Gasteiger partial charge in [0.15, 0.2) is 9.84 Å². The zero-order chi connectivity index (χ0) is 12.4. The summed E-state index contributed by atoms with van der Waals surface area (Å²) < 4.78 is 27.3. The molecule has 0 aromatic carbocycles. The number of amides is 1. The van der Waals surface area contributed by atoms with Gasteiger partial charge in [-0.05, 0) is 13.3 Å². The molecule has 0 unspecified atom stereocenters. The molecule has 8 heteroatoms. The molecule has 5 nitrogen and oxygen atoms in total. The van der Waals surface area contributed by atoms with Gasteiger partial charge >= 0.3 is 6.09 Å². The van der Waals surface area contributed by atoms with Crippen molar-refractivity contribution in [3.05, 3.63) is 0 Å². The lowest BCUT2D eigenvalue weighted by Crippen LogP contribution is -2.47. The molecule has 1 atom stereocenters. The zero-order valence-electron chi connectivity index (χ0n) is 8.70. The van der Waals surface area contributed by atoms with E-state index in [9.17, 15) is 13.2 Å². The van der Waals surface area contributed by atoms with E-state index in [1.807, 2.05) is 0 Å². The van der Waals surface area contributed by atoms with Gasteiger partial charge in [-0.25, -0.2) is 13.2 Å². The molecule has 1 aliphatic heterocycles. The summed E-state index contributed by atoms with van der Waals surface area (Å²) in [7, 11) is -3.02. The molecular weight excluding hydrogens is 366 g/mol. The third-order valence-corrected chi connectivity index (χ3v) is 4.68. The van der Waals surface area contributed by atoms with Crippen LogP contribution in [0.1, 0.15) is 13.3 Å². The Morgan fingerprint density at radius 1 is 1.56 bits per heavy atom. The summed E-state index contributed by atoms with van der Waals surface area (Å²) in [6.07, 6.45) is -0.167. The number of rotatable bonds is 3. The highest BCUT2D eigenvalue weighted by Crippen LogP contribution is 2.22. The second-order valence-electron chi connectivity index (χ2n) is 4.02. The minimum atomic E-state index is -3.02. The summed E-state index contributed by atoms with van der Waals surface area (Å²) in [6.45, 7) is 1.88. The van der Waals surface area contributed by atoms with E-state index >= 15 is 0 Å². The first-order chi connectivity index (χ1) is 7.22. The van der Waals surface area contributed by atoms with Crippen molar-refractivity contribution >= 4 is 47.8 Å². The van der Waals surface area contributed by atoms with Gasteiger partial charge in [-0.1, -0.05) is 31.9 Å². The van der Waals surface area contributed by atoms with Crippen molar-refractivity contribution in [3.63, 3.8) is 0 Å². The maximum absolute atomic E-state index is 11.3. The smallest absolute Gasteiger partial charge is 0.407 e. The number of ether oxygens (including phenoxy) is 1. The Balaban J connectivity index is 2.45. The number of carbonyl (C=O) groups excluding carboxylic acids is 1. The second-order valence-corrected chi connectivity index (χ2v) is 9.64.